The Kier molecular flexibility index (Phi) is 4.54. The van der Waals surface area contributed by atoms with Crippen molar-refractivity contribution in [1.82, 2.24) is 10.6 Å². The van der Waals surface area contributed by atoms with Crippen molar-refractivity contribution in [2.24, 2.45) is 5.41 Å². The molecule has 0 radical (unpaired) electrons. The van der Waals surface area contributed by atoms with Gasteiger partial charge in [0.15, 0.2) is 0 Å². The van der Waals surface area contributed by atoms with Crippen LogP contribution in [0.3, 0.4) is 0 Å². The minimum atomic E-state index is -0.496. The van der Waals surface area contributed by atoms with Crippen molar-refractivity contribution in [2.45, 2.75) is 19.3 Å². The van der Waals surface area contributed by atoms with Crippen molar-refractivity contribution in [2.75, 3.05) is 19.7 Å². The number of hydrogen-bond acceptors (Lipinski definition) is 2. The molecule has 6 heteroatoms. The van der Waals surface area contributed by atoms with E-state index in [4.69, 9.17) is 5.11 Å². The lowest BCUT2D eigenvalue weighted by Gasteiger charge is -2.13. The predicted octanol–water partition coefficient (Wildman–Crippen LogP) is 1.58. The monoisotopic (exact) mass is 284 g/mol. The molecule has 3 N–H and O–H groups in total. The molecular formula is C14H18F2N2O2. The fourth-order valence-corrected chi connectivity index (χ4v) is 1.94. The second kappa shape index (κ2) is 6.17. The number of rotatable bonds is 6. The fourth-order valence-electron chi connectivity index (χ4n) is 1.94. The first-order valence-electron chi connectivity index (χ1n) is 6.61. The van der Waals surface area contributed by atoms with Gasteiger partial charge in [0.2, 0.25) is 0 Å². The van der Waals surface area contributed by atoms with E-state index >= 15 is 0 Å². The normalized spacial score (nSPS) is 15.8. The van der Waals surface area contributed by atoms with E-state index in [1.54, 1.807) is 0 Å². The first kappa shape index (κ1) is 14.7. The zero-order valence-corrected chi connectivity index (χ0v) is 11.1. The van der Waals surface area contributed by atoms with Gasteiger partial charge in [-0.05, 0) is 43.0 Å². The molecule has 0 heterocycles. The first-order chi connectivity index (χ1) is 9.54. The number of aliphatic hydroxyl groups is 1. The van der Waals surface area contributed by atoms with E-state index in [1.165, 1.54) is 0 Å². The van der Waals surface area contributed by atoms with Gasteiger partial charge in [-0.15, -0.1) is 0 Å². The Hall–Kier alpha value is -1.69. The molecule has 1 aliphatic carbocycles. The summed E-state index contributed by atoms with van der Waals surface area (Å²) in [4.78, 5) is 11.5. The summed E-state index contributed by atoms with van der Waals surface area (Å²) in [6.07, 6.45) is 2.05. The van der Waals surface area contributed by atoms with Crippen LogP contribution in [-0.2, 0) is 6.42 Å². The zero-order valence-electron chi connectivity index (χ0n) is 11.1. The molecular weight excluding hydrogens is 266 g/mol. The van der Waals surface area contributed by atoms with E-state index < -0.39 is 11.6 Å². The Morgan fingerprint density at radius 1 is 1.30 bits per heavy atom. The average molecular weight is 284 g/mol. The van der Waals surface area contributed by atoms with Gasteiger partial charge < -0.3 is 15.7 Å². The van der Waals surface area contributed by atoms with Crippen LogP contribution < -0.4 is 10.6 Å². The molecule has 2 rings (SSSR count). The van der Waals surface area contributed by atoms with Crippen molar-refractivity contribution in [3.8, 4) is 0 Å². The smallest absolute Gasteiger partial charge is 0.314 e. The van der Waals surface area contributed by atoms with Crippen LogP contribution in [0.25, 0.3) is 0 Å². The fraction of sp³-hybridized carbons (Fsp3) is 0.500. The molecule has 2 amide bonds. The molecule has 0 aliphatic heterocycles. The van der Waals surface area contributed by atoms with Gasteiger partial charge >= 0.3 is 6.03 Å². The lowest BCUT2D eigenvalue weighted by molar-refractivity contribution is 0.203. The van der Waals surface area contributed by atoms with Crippen LogP contribution >= 0.6 is 0 Å². The lowest BCUT2D eigenvalue weighted by Crippen LogP contribution is -2.40. The van der Waals surface area contributed by atoms with Gasteiger partial charge in [-0.2, -0.15) is 0 Å². The summed E-state index contributed by atoms with van der Waals surface area (Å²) < 4.78 is 26.3. The van der Waals surface area contributed by atoms with Crippen LogP contribution in [0, 0.1) is 17.0 Å². The summed E-state index contributed by atoms with van der Waals surface area (Å²) in [5.74, 6) is -0.977. The van der Waals surface area contributed by atoms with Crippen LogP contribution in [0.2, 0.25) is 0 Å². The van der Waals surface area contributed by atoms with Crippen molar-refractivity contribution < 1.29 is 18.7 Å². The highest BCUT2D eigenvalue weighted by atomic mass is 19.1. The number of aliphatic hydroxyl groups excluding tert-OH is 1. The third kappa shape index (κ3) is 3.90. The number of benzene rings is 1. The van der Waals surface area contributed by atoms with E-state index in [0.29, 0.717) is 6.54 Å². The molecule has 0 aromatic heterocycles. The summed E-state index contributed by atoms with van der Waals surface area (Å²) in [7, 11) is 0. The molecule has 1 saturated carbocycles. The highest BCUT2D eigenvalue weighted by molar-refractivity contribution is 5.73. The number of urea groups is 1. The van der Waals surface area contributed by atoms with E-state index in [2.05, 4.69) is 10.6 Å². The summed E-state index contributed by atoms with van der Waals surface area (Å²) in [5.41, 5.74) is 0.0887. The Morgan fingerprint density at radius 3 is 2.70 bits per heavy atom. The van der Waals surface area contributed by atoms with Gasteiger partial charge in [0.1, 0.15) is 11.6 Å². The van der Waals surface area contributed by atoms with Crippen molar-refractivity contribution in [3.63, 3.8) is 0 Å². The SMILES string of the molecule is O=C(NCCc1cc(F)ccc1F)NCC1(CO)CC1. The number of carbonyl (C=O) groups excluding carboxylic acids is 1. The van der Waals surface area contributed by atoms with E-state index in [-0.39, 0.29) is 36.6 Å². The van der Waals surface area contributed by atoms with Gasteiger partial charge in [-0.25, -0.2) is 13.6 Å². The number of nitrogens with one attached hydrogen (secondary N) is 2. The first-order valence-corrected chi connectivity index (χ1v) is 6.61. The Morgan fingerprint density at radius 2 is 2.05 bits per heavy atom. The summed E-state index contributed by atoms with van der Waals surface area (Å²) in [6, 6.07) is 2.90. The summed E-state index contributed by atoms with van der Waals surface area (Å²) in [6.45, 7) is 0.726. The predicted molar refractivity (Wildman–Crippen MR) is 70.2 cm³/mol. The van der Waals surface area contributed by atoms with E-state index in [1.807, 2.05) is 0 Å². The standard InChI is InChI=1S/C14H18F2N2O2/c15-11-1-2-12(16)10(7-11)3-6-17-13(20)18-8-14(9-19)4-5-14/h1-2,7,19H,3-6,8-9H2,(H2,17,18,20). The topological polar surface area (TPSA) is 61.4 Å². The molecule has 0 bridgehead atoms. The van der Waals surface area contributed by atoms with Crippen LogP contribution in [0.4, 0.5) is 13.6 Å². The van der Waals surface area contributed by atoms with E-state index in [9.17, 15) is 13.6 Å². The van der Waals surface area contributed by atoms with Gasteiger partial charge in [-0.3, -0.25) is 0 Å². The average Bonchev–Trinajstić information content (AvgIpc) is 3.21. The minimum Gasteiger partial charge on any atom is -0.396 e. The number of amides is 2. The van der Waals surface area contributed by atoms with Crippen LogP contribution in [0.1, 0.15) is 18.4 Å². The van der Waals surface area contributed by atoms with Crippen molar-refractivity contribution >= 4 is 6.03 Å². The summed E-state index contributed by atoms with van der Waals surface area (Å²) in [5, 5.41) is 14.4. The molecule has 1 aliphatic rings. The van der Waals surface area contributed by atoms with Crippen LogP contribution in [0.5, 0.6) is 0 Å². The van der Waals surface area contributed by atoms with Gasteiger partial charge in [0.05, 0.1) is 6.61 Å². The molecule has 1 fully saturated rings. The maximum Gasteiger partial charge on any atom is 0.314 e. The van der Waals surface area contributed by atoms with Crippen molar-refractivity contribution in [3.05, 3.63) is 35.4 Å². The third-order valence-electron chi connectivity index (χ3n) is 3.60. The second-order valence-electron chi connectivity index (χ2n) is 5.25. The van der Waals surface area contributed by atoms with Crippen LogP contribution in [0.15, 0.2) is 18.2 Å². The Balaban J connectivity index is 1.70. The molecule has 0 spiro atoms. The Bertz CT molecular complexity index is 490. The highest BCUT2D eigenvalue weighted by Gasteiger charge is 2.42. The molecule has 20 heavy (non-hydrogen) atoms. The largest absolute Gasteiger partial charge is 0.396 e. The molecule has 1 aromatic carbocycles. The van der Waals surface area contributed by atoms with Gasteiger partial charge in [-0.1, -0.05) is 0 Å². The zero-order chi connectivity index (χ0) is 14.6. The highest BCUT2D eigenvalue weighted by Crippen LogP contribution is 2.44. The molecule has 0 saturated heterocycles. The molecule has 0 atom stereocenters. The van der Waals surface area contributed by atoms with Gasteiger partial charge in [0.25, 0.3) is 0 Å². The Labute approximate surface area is 116 Å². The van der Waals surface area contributed by atoms with E-state index in [0.717, 1.165) is 31.0 Å². The third-order valence-corrected chi connectivity index (χ3v) is 3.60. The van der Waals surface area contributed by atoms with Crippen molar-refractivity contribution in [1.29, 1.82) is 0 Å². The lowest BCUT2D eigenvalue weighted by atomic mass is 10.1. The number of hydrogen-bond donors (Lipinski definition) is 3. The molecule has 110 valence electrons. The van der Waals surface area contributed by atoms with Crippen LogP contribution in [-0.4, -0.2) is 30.8 Å². The maximum absolute atomic E-state index is 13.3. The number of halogens is 2. The number of carbonyl (C=O) groups is 1. The minimum absolute atomic E-state index is 0.0712. The molecule has 0 unspecified atom stereocenters. The quantitative estimate of drug-likeness (QED) is 0.742. The summed E-state index contributed by atoms with van der Waals surface area (Å²) >= 11 is 0. The molecule has 4 nitrogen and oxygen atoms in total. The molecule has 1 aromatic rings. The second-order valence-corrected chi connectivity index (χ2v) is 5.25. The maximum atomic E-state index is 13.3. The van der Waals surface area contributed by atoms with Gasteiger partial charge in [0, 0.05) is 18.5 Å².